The molecule has 1 N–H and O–H groups in total. The Hall–Kier alpha value is -3.59. The van der Waals surface area contributed by atoms with Gasteiger partial charge < -0.3 is 14.9 Å². The van der Waals surface area contributed by atoms with Crippen LogP contribution in [0.25, 0.3) is 33.4 Å². The average molecular weight is 443 g/mol. The number of aromatic nitrogens is 6. The summed E-state index contributed by atoms with van der Waals surface area (Å²) in [5.41, 5.74) is 4.18. The molecule has 2 aliphatic rings. The monoisotopic (exact) mass is 442 g/mol. The van der Waals surface area contributed by atoms with Gasteiger partial charge >= 0.3 is 0 Å². The number of aryl methyl sites for hydroxylation is 1. The van der Waals surface area contributed by atoms with Crippen LogP contribution in [0.15, 0.2) is 42.9 Å². The number of likely N-dealkylation sites (tertiary alicyclic amines) is 1. The van der Waals surface area contributed by atoms with Crippen molar-refractivity contribution in [1.82, 2.24) is 34.8 Å². The smallest absolute Gasteiger partial charge is 0.245 e. The van der Waals surface area contributed by atoms with E-state index in [-0.39, 0.29) is 5.75 Å². The minimum atomic E-state index is 0.136. The third-order valence-electron chi connectivity index (χ3n) is 7.11. The van der Waals surface area contributed by atoms with Crippen LogP contribution in [0.4, 0.5) is 5.95 Å². The number of phenolic OH excluding ortho intramolecular Hbond substituents is 1. The maximum Gasteiger partial charge on any atom is 0.245 e. The normalized spacial score (nSPS) is 18.1. The SMILES string of the molecule is CN1CCC2(CC1)CN(c1ncc(-c3ccc(-c4cnc5c(cnn5C)c4)cc3O)nn1)C2. The first-order chi connectivity index (χ1) is 16.0. The van der Waals surface area contributed by atoms with Gasteiger partial charge in [-0.15, -0.1) is 10.2 Å². The van der Waals surface area contributed by atoms with E-state index in [9.17, 15) is 5.11 Å². The Labute approximate surface area is 191 Å². The molecule has 0 atom stereocenters. The zero-order valence-electron chi connectivity index (χ0n) is 18.8. The number of nitrogens with zero attached hydrogens (tertiary/aromatic N) is 8. The summed E-state index contributed by atoms with van der Waals surface area (Å²) in [4.78, 5) is 13.6. The molecule has 0 bridgehead atoms. The fourth-order valence-electron chi connectivity index (χ4n) is 4.98. The highest BCUT2D eigenvalue weighted by molar-refractivity contribution is 5.82. The topological polar surface area (TPSA) is 96.1 Å². The van der Waals surface area contributed by atoms with Crippen LogP contribution in [0, 0.1) is 5.41 Å². The van der Waals surface area contributed by atoms with Crippen molar-refractivity contribution >= 4 is 17.0 Å². The molecule has 168 valence electrons. The Kier molecular flexibility index (Phi) is 4.55. The van der Waals surface area contributed by atoms with Gasteiger partial charge in [-0.05, 0) is 56.7 Å². The van der Waals surface area contributed by atoms with Gasteiger partial charge in [-0.1, -0.05) is 6.07 Å². The molecule has 0 radical (unpaired) electrons. The van der Waals surface area contributed by atoms with Crippen LogP contribution in [0.1, 0.15) is 12.8 Å². The fraction of sp³-hybridized carbons (Fsp3) is 0.375. The van der Waals surface area contributed by atoms with Gasteiger partial charge in [0.15, 0.2) is 5.65 Å². The zero-order valence-corrected chi connectivity index (χ0v) is 18.8. The number of hydrogen-bond acceptors (Lipinski definition) is 8. The summed E-state index contributed by atoms with van der Waals surface area (Å²) >= 11 is 0. The molecule has 2 fully saturated rings. The molecule has 2 saturated heterocycles. The lowest BCUT2D eigenvalue weighted by Crippen LogP contribution is -2.60. The van der Waals surface area contributed by atoms with Gasteiger partial charge in [0, 0.05) is 48.3 Å². The summed E-state index contributed by atoms with van der Waals surface area (Å²) in [6, 6.07) is 7.54. The predicted molar refractivity (Wildman–Crippen MR) is 126 cm³/mol. The van der Waals surface area contributed by atoms with Crippen LogP contribution in [0.3, 0.4) is 0 Å². The summed E-state index contributed by atoms with van der Waals surface area (Å²) in [5.74, 6) is 0.798. The van der Waals surface area contributed by atoms with E-state index >= 15 is 0 Å². The Balaban J connectivity index is 1.19. The first kappa shape index (κ1) is 20.0. The lowest BCUT2D eigenvalue weighted by molar-refractivity contribution is 0.0893. The molecule has 6 rings (SSSR count). The van der Waals surface area contributed by atoms with Crippen molar-refractivity contribution in [1.29, 1.82) is 0 Å². The highest BCUT2D eigenvalue weighted by Crippen LogP contribution is 2.41. The molecule has 0 amide bonds. The highest BCUT2D eigenvalue weighted by atomic mass is 16.3. The van der Waals surface area contributed by atoms with Crippen molar-refractivity contribution in [2.45, 2.75) is 12.8 Å². The third kappa shape index (κ3) is 3.48. The molecule has 33 heavy (non-hydrogen) atoms. The fourth-order valence-corrected chi connectivity index (χ4v) is 4.98. The number of phenols is 1. The largest absolute Gasteiger partial charge is 0.507 e. The lowest BCUT2D eigenvalue weighted by atomic mass is 9.72. The lowest BCUT2D eigenvalue weighted by Gasteiger charge is -2.53. The summed E-state index contributed by atoms with van der Waals surface area (Å²) in [6.07, 6.45) is 7.73. The maximum atomic E-state index is 10.7. The molecule has 3 aromatic heterocycles. The van der Waals surface area contributed by atoms with Gasteiger partial charge in [0.25, 0.3) is 0 Å². The minimum Gasteiger partial charge on any atom is -0.507 e. The number of hydrogen-bond donors (Lipinski definition) is 1. The highest BCUT2D eigenvalue weighted by Gasteiger charge is 2.45. The second-order valence-electron chi connectivity index (χ2n) is 9.44. The molecule has 4 aromatic rings. The third-order valence-corrected chi connectivity index (χ3v) is 7.11. The summed E-state index contributed by atoms with van der Waals surface area (Å²) in [7, 11) is 4.05. The molecule has 9 nitrogen and oxygen atoms in total. The second kappa shape index (κ2) is 7.48. The van der Waals surface area contributed by atoms with Gasteiger partial charge in [0.05, 0.1) is 12.4 Å². The predicted octanol–water partition coefficient (Wildman–Crippen LogP) is 2.72. The molecule has 0 aliphatic carbocycles. The van der Waals surface area contributed by atoms with E-state index in [1.807, 2.05) is 25.2 Å². The van der Waals surface area contributed by atoms with Crippen LogP contribution in [-0.4, -0.2) is 73.2 Å². The van der Waals surface area contributed by atoms with Gasteiger partial charge in [-0.2, -0.15) is 5.10 Å². The molecule has 1 spiro atoms. The number of benzene rings is 1. The van der Waals surface area contributed by atoms with Crippen molar-refractivity contribution in [3.63, 3.8) is 0 Å². The van der Waals surface area contributed by atoms with E-state index in [2.05, 4.69) is 42.1 Å². The number of rotatable bonds is 3. The first-order valence-corrected chi connectivity index (χ1v) is 11.2. The second-order valence-corrected chi connectivity index (χ2v) is 9.44. The summed E-state index contributed by atoms with van der Waals surface area (Å²) < 4.78 is 1.74. The number of pyridine rings is 1. The molecular weight excluding hydrogens is 416 g/mol. The van der Waals surface area contributed by atoms with Crippen molar-refractivity contribution in [2.75, 3.05) is 38.1 Å². The van der Waals surface area contributed by atoms with E-state index in [4.69, 9.17) is 0 Å². The van der Waals surface area contributed by atoms with Crippen LogP contribution in [0.5, 0.6) is 5.75 Å². The summed E-state index contributed by atoms with van der Waals surface area (Å²) in [5, 5.41) is 24.6. The molecule has 9 heteroatoms. The Morgan fingerprint density at radius 3 is 2.45 bits per heavy atom. The first-order valence-electron chi connectivity index (χ1n) is 11.2. The number of anilines is 1. The molecule has 0 unspecified atom stereocenters. The molecule has 1 aromatic carbocycles. The van der Waals surface area contributed by atoms with Crippen molar-refractivity contribution in [2.24, 2.45) is 12.5 Å². The van der Waals surface area contributed by atoms with E-state index in [0.717, 1.165) is 48.3 Å². The van der Waals surface area contributed by atoms with E-state index in [1.54, 1.807) is 29.3 Å². The van der Waals surface area contributed by atoms with E-state index in [1.165, 1.54) is 12.8 Å². The average Bonchev–Trinajstić information content (AvgIpc) is 3.18. The van der Waals surface area contributed by atoms with Crippen LogP contribution in [0.2, 0.25) is 0 Å². The summed E-state index contributed by atoms with van der Waals surface area (Å²) in [6.45, 7) is 4.31. The number of aromatic hydroxyl groups is 1. The van der Waals surface area contributed by atoms with Crippen LogP contribution < -0.4 is 4.90 Å². The number of fused-ring (bicyclic) bond motifs is 1. The van der Waals surface area contributed by atoms with Crippen molar-refractivity contribution in [3.05, 3.63) is 42.9 Å². The zero-order chi connectivity index (χ0) is 22.6. The standard InChI is InChI=1S/C24H26N8O/c1-30-7-5-24(6-8-30)14-32(15-24)23-26-13-20(28-29-23)19-4-3-16(10-21(19)33)17-9-18-12-27-31(2)22(18)25-11-17/h3-4,9-13,33H,5-8,14-15H2,1-2H3. The van der Waals surface area contributed by atoms with E-state index in [0.29, 0.717) is 22.6 Å². The van der Waals surface area contributed by atoms with Gasteiger partial charge in [-0.3, -0.25) is 4.68 Å². The number of piperidine rings is 1. The van der Waals surface area contributed by atoms with Crippen LogP contribution in [-0.2, 0) is 7.05 Å². The molecular formula is C24H26N8O. The Morgan fingerprint density at radius 1 is 0.909 bits per heavy atom. The Bertz CT molecular complexity index is 1320. The minimum absolute atomic E-state index is 0.136. The van der Waals surface area contributed by atoms with E-state index < -0.39 is 0 Å². The van der Waals surface area contributed by atoms with Crippen molar-refractivity contribution in [3.8, 4) is 28.1 Å². The maximum absolute atomic E-state index is 10.7. The van der Waals surface area contributed by atoms with Gasteiger partial charge in [-0.25, -0.2) is 9.97 Å². The molecule has 5 heterocycles. The quantitative estimate of drug-likeness (QED) is 0.517. The van der Waals surface area contributed by atoms with Gasteiger partial charge in [0.1, 0.15) is 11.4 Å². The molecule has 0 saturated carbocycles. The van der Waals surface area contributed by atoms with Crippen molar-refractivity contribution < 1.29 is 5.11 Å². The van der Waals surface area contributed by atoms with Gasteiger partial charge in [0.2, 0.25) is 5.95 Å². The molecule has 2 aliphatic heterocycles. The van der Waals surface area contributed by atoms with Crippen LogP contribution >= 0.6 is 0 Å². The Morgan fingerprint density at radius 2 is 1.73 bits per heavy atom.